The van der Waals surface area contributed by atoms with E-state index in [1.54, 1.807) is 5.56 Å². The molecule has 1 aromatic carbocycles. The Morgan fingerprint density at radius 2 is 1.74 bits per heavy atom. The van der Waals surface area contributed by atoms with Gasteiger partial charge in [-0.3, -0.25) is 0 Å². The number of aryl methyl sites for hydroxylation is 1. The Hall–Kier alpha value is -1.28. The molecule has 0 saturated heterocycles. The van der Waals surface area contributed by atoms with Crippen LogP contribution in [-0.4, -0.2) is 20.3 Å². The molecule has 2 aliphatic carbocycles. The van der Waals surface area contributed by atoms with Crippen molar-refractivity contribution >= 4 is 13.8 Å². The van der Waals surface area contributed by atoms with Gasteiger partial charge in [0.15, 0.2) is 0 Å². The van der Waals surface area contributed by atoms with Gasteiger partial charge in [-0.2, -0.15) is 0 Å². The zero-order chi connectivity index (χ0) is 16.4. The minimum atomic E-state index is -1.15. The number of hydrogen-bond donors (Lipinski definition) is 0. The van der Waals surface area contributed by atoms with Crippen molar-refractivity contribution in [1.82, 2.24) is 0 Å². The second-order valence-electron chi connectivity index (χ2n) is 9.05. The van der Waals surface area contributed by atoms with Gasteiger partial charge in [0.1, 0.15) is 0 Å². The Morgan fingerprint density at radius 1 is 1.04 bits per heavy atom. The van der Waals surface area contributed by atoms with Gasteiger partial charge in [-0.15, -0.1) is 0 Å². The number of hydrogen-bond acceptors (Lipinski definition) is 1. The molecular formula is C21H29NSi. The fraction of sp³-hybridized carbons (Fsp3) is 0.524. The zero-order valence-corrected chi connectivity index (χ0v) is 16.1. The second kappa shape index (κ2) is 5.11. The summed E-state index contributed by atoms with van der Waals surface area (Å²) in [5.74, 6) is 2.82. The SMILES string of the molecule is Cc1ccc2c(c1)C1C3C=CC=CC3C(C)C1N2C[Si](C)(C)C. The first-order chi connectivity index (χ1) is 10.9. The summed E-state index contributed by atoms with van der Waals surface area (Å²) in [5, 5.41) is 0. The van der Waals surface area contributed by atoms with E-state index in [0.717, 1.165) is 5.92 Å². The lowest BCUT2D eigenvalue weighted by atomic mass is 9.81. The molecular weight excluding hydrogens is 294 g/mol. The van der Waals surface area contributed by atoms with E-state index in [9.17, 15) is 0 Å². The number of fused-ring (bicyclic) bond motifs is 5. The summed E-state index contributed by atoms with van der Waals surface area (Å²) in [5.41, 5.74) is 4.55. The van der Waals surface area contributed by atoms with Crippen molar-refractivity contribution in [2.75, 3.05) is 11.1 Å². The largest absolute Gasteiger partial charge is 0.370 e. The fourth-order valence-corrected chi connectivity index (χ4v) is 6.65. The number of anilines is 1. The summed E-state index contributed by atoms with van der Waals surface area (Å²) in [6.07, 6.45) is 10.8. The maximum Gasteiger partial charge on any atom is 0.0665 e. The molecule has 1 saturated carbocycles. The average Bonchev–Trinajstić information content (AvgIpc) is 2.93. The molecule has 1 aliphatic heterocycles. The molecule has 5 atom stereocenters. The van der Waals surface area contributed by atoms with Crippen molar-refractivity contribution < 1.29 is 0 Å². The Morgan fingerprint density at radius 3 is 2.43 bits per heavy atom. The van der Waals surface area contributed by atoms with Crippen LogP contribution in [0.15, 0.2) is 42.5 Å². The summed E-state index contributed by atoms with van der Waals surface area (Å²) in [7, 11) is -1.15. The van der Waals surface area contributed by atoms with Crippen molar-refractivity contribution in [3.8, 4) is 0 Å². The summed E-state index contributed by atoms with van der Waals surface area (Å²) >= 11 is 0. The summed E-state index contributed by atoms with van der Waals surface area (Å²) in [6, 6.07) is 7.85. The molecule has 3 aliphatic rings. The molecule has 5 unspecified atom stereocenters. The van der Waals surface area contributed by atoms with E-state index in [1.165, 1.54) is 17.4 Å². The van der Waals surface area contributed by atoms with Gasteiger partial charge < -0.3 is 4.90 Å². The van der Waals surface area contributed by atoms with Crippen LogP contribution in [0.1, 0.15) is 24.0 Å². The van der Waals surface area contributed by atoms with Crippen molar-refractivity contribution in [1.29, 1.82) is 0 Å². The van der Waals surface area contributed by atoms with Gasteiger partial charge >= 0.3 is 0 Å². The van der Waals surface area contributed by atoms with Crippen molar-refractivity contribution in [3.05, 3.63) is 53.6 Å². The molecule has 0 N–H and O–H groups in total. The average molecular weight is 324 g/mol. The van der Waals surface area contributed by atoms with Crippen LogP contribution in [0.4, 0.5) is 5.69 Å². The first-order valence-corrected chi connectivity index (χ1v) is 12.8. The molecule has 4 rings (SSSR count). The van der Waals surface area contributed by atoms with Gasteiger partial charge in [0.25, 0.3) is 0 Å². The smallest absolute Gasteiger partial charge is 0.0665 e. The first-order valence-electron chi connectivity index (χ1n) is 9.09. The monoisotopic (exact) mass is 323 g/mol. The lowest BCUT2D eigenvalue weighted by molar-refractivity contribution is 0.421. The highest BCUT2D eigenvalue weighted by molar-refractivity contribution is 6.76. The molecule has 1 aromatic rings. The number of allylic oxidation sites excluding steroid dienone is 4. The summed E-state index contributed by atoms with van der Waals surface area (Å²) in [4.78, 5) is 2.80. The van der Waals surface area contributed by atoms with Crippen LogP contribution in [0.5, 0.6) is 0 Å². The van der Waals surface area contributed by atoms with Gasteiger partial charge in [-0.1, -0.05) is 68.6 Å². The van der Waals surface area contributed by atoms with Gasteiger partial charge in [-0.25, -0.2) is 0 Å². The van der Waals surface area contributed by atoms with Gasteiger partial charge in [0.05, 0.1) is 8.07 Å². The van der Waals surface area contributed by atoms with Gasteiger partial charge in [-0.05, 0) is 36.3 Å². The van der Waals surface area contributed by atoms with E-state index in [-0.39, 0.29) is 0 Å². The van der Waals surface area contributed by atoms with Gasteiger partial charge in [0.2, 0.25) is 0 Å². The molecule has 1 nitrogen and oxygen atoms in total. The Balaban J connectivity index is 1.83. The molecule has 1 heterocycles. The van der Waals surface area contributed by atoms with Crippen LogP contribution < -0.4 is 4.90 Å². The highest BCUT2D eigenvalue weighted by Gasteiger charge is 2.54. The second-order valence-corrected chi connectivity index (χ2v) is 14.5. The highest BCUT2D eigenvalue weighted by Crippen LogP contribution is 2.58. The Labute approximate surface area is 142 Å². The summed E-state index contributed by atoms with van der Waals surface area (Å²) < 4.78 is 0. The highest BCUT2D eigenvalue weighted by atomic mass is 28.3. The molecule has 0 radical (unpaired) electrons. The maximum atomic E-state index is 2.80. The predicted molar refractivity (Wildman–Crippen MR) is 103 cm³/mol. The van der Waals surface area contributed by atoms with Crippen LogP contribution in [0.25, 0.3) is 0 Å². The predicted octanol–water partition coefficient (Wildman–Crippen LogP) is 5.15. The van der Waals surface area contributed by atoms with Crippen LogP contribution in [0.2, 0.25) is 19.6 Å². The minimum Gasteiger partial charge on any atom is -0.370 e. The molecule has 2 heteroatoms. The third-order valence-electron chi connectivity index (χ3n) is 6.01. The molecule has 0 aromatic heterocycles. The quantitative estimate of drug-likeness (QED) is 0.680. The van der Waals surface area contributed by atoms with Crippen LogP contribution in [0, 0.1) is 24.7 Å². The molecule has 0 bridgehead atoms. The lowest BCUT2D eigenvalue weighted by Crippen LogP contribution is -2.46. The number of nitrogens with zero attached hydrogens (tertiary/aromatic N) is 1. The topological polar surface area (TPSA) is 3.24 Å². The maximum absolute atomic E-state index is 2.80. The fourth-order valence-electron chi connectivity index (χ4n) is 5.24. The van der Waals surface area contributed by atoms with E-state index in [0.29, 0.717) is 23.8 Å². The molecule has 1 fully saturated rings. The summed E-state index contributed by atoms with van der Waals surface area (Å²) in [6.45, 7) is 12.2. The number of rotatable bonds is 2. The molecule has 0 amide bonds. The Bertz CT molecular complexity index is 682. The van der Waals surface area contributed by atoms with Crippen LogP contribution in [-0.2, 0) is 0 Å². The molecule has 23 heavy (non-hydrogen) atoms. The molecule has 122 valence electrons. The lowest BCUT2D eigenvalue weighted by Gasteiger charge is -2.35. The third kappa shape index (κ3) is 2.34. The number of benzene rings is 1. The first kappa shape index (κ1) is 15.3. The van der Waals surface area contributed by atoms with Crippen molar-refractivity contribution in [2.24, 2.45) is 17.8 Å². The van der Waals surface area contributed by atoms with Crippen molar-refractivity contribution in [3.63, 3.8) is 0 Å². The van der Waals surface area contributed by atoms with Crippen molar-refractivity contribution in [2.45, 2.75) is 45.4 Å². The van der Waals surface area contributed by atoms with E-state index >= 15 is 0 Å². The van der Waals surface area contributed by atoms with Crippen LogP contribution in [0.3, 0.4) is 0 Å². The van der Waals surface area contributed by atoms with Crippen LogP contribution >= 0.6 is 0 Å². The molecule has 0 spiro atoms. The van der Waals surface area contributed by atoms with E-state index < -0.39 is 8.07 Å². The van der Waals surface area contributed by atoms with E-state index in [2.05, 4.69) is 80.9 Å². The van der Waals surface area contributed by atoms with Gasteiger partial charge in [0, 0.05) is 23.8 Å². The third-order valence-corrected chi connectivity index (χ3v) is 7.30. The normalized spacial score (nSPS) is 34.5. The Kier molecular flexibility index (Phi) is 3.39. The minimum absolute atomic E-state index is 0.681. The zero-order valence-electron chi connectivity index (χ0n) is 15.1. The van der Waals surface area contributed by atoms with E-state index in [4.69, 9.17) is 0 Å². The standard InChI is InChI=1S/C21H29NSi/c1-14-10-11-19-18(12-14)20-17-9-7-6-8-16(17)15(2)21(20)22(19)13-23(3,4)5/h6-12,15-17,20-21H,13H2,1-5H3. The van der Waals surface area contributed by atoms with E-state index in [1.807, 2.05) is 0 Å².